The summed E-state index contributed by atoms with van der Waals surface area (Å²) in [6, 6.07) is 11.5. The molecule has 2 aromatic carbocycles. The van der Waals surface area contributed by atoms with Crippen LogP contribution in [0.15, 0.2) is 48.8 Å². The van der Waals surface area contributed by atoms with Crippen LogP contribution in [0.25, 0.3) is 11.0 Å². The molecule has 0 radical (unpaired) electrons. The summed E-state index contributed by atoms with van der Waals surface area (Å²) in [4.78, 5) is 16.2. The Hall–Kier alpha value is -2.89. The van der Waals surface area contributed by atoms with Gasteiger partial charge in [-0.15, -0.1) is 0 Å². The third-order valence-corrected chi connectivity index (χ3v) is 3.11. The van der Waals surface area contributed by atoms with E-state index in [0.717, 1.165) is 11.0 Å². The molecule has 0 aliphatic heterocycles. The van der Waals surface area contributed by atoms with Crippen LogP contribution < -0.4 is 11.1 Å². The van der Waals surface area contributed by atoms with Crippen LogP contribution in [0.4, 0.5) is 15.8 Å². The molecule has 6 heteroatoms. The molecule has 1 aromatic heterocycles. The molecule has 0 aliphatic rings. The number of aromatic nitrogens is 2. The Kier molecular flexibility index (Phi) is 3.27. The van der Waals surface area contributed by atoms with Gasteiger partial charge in [-0.3, -0.25) is 4.79 Å². The van der Waals surface area contributed by atoms with Crippen LogP contribution in [0.1, 0.15) is 0 Å². The van der Waals surface area contributed by atoms with Gasteiger partial charge < -0.3 is 15.6 Å². The number of halogens is 1. The van der Waals surface area contributed by atoms with Crippen LogP contribution in [0, 0.1) is 5.82 Å². The van der Waals surface area contributed by atoms with Crippen molar-refractivity contribution in [3.8, 4) is 0 Å². The molecule has 0 bridgehead atoms. The fraction of sp³-hybridized carbons (Fsp3) is 0.0667. The number of hydrogen-bond donors (Lipinski definition) is 2. The maximum absolute atomic E-state index is 13.6. The summed E-state index contributed by atoms with van der Waals surface area (Å²) in [7, 11) is 0. The van der Waals surface area contributed by atoms with E-state index in [2.05, 4.69) is 10.3 Å². The number of anilines is 2. The van der Waals surface area contributed by atoms with E-state index in [0.29, 0.717) is 5.69 Å². The number of carbonyl (C=O) groups excluding carboxylic acids is 1. The summed E-state index contributed by atoms with van der Waals surface area (Å²) < 4.78 is 15.3. The average molecular weight is 284 g/mol. The normalized spacial score (nSPS) is 10.7. The van der Waals surface area contributed by atoms with Crippen LogP contribution in [0.2, 0.25) is 0 Å². The highest BCUT2D eigenvalue weighted by Gasteiger charge is 2.10. The van der Waals surface area contributed by atoms with Gasteiger partial charge in [0.1, 0.15) is 12.4 Å². The summed E-state index contributed by atoms with van der Waals surface area (Å²) in [5.74, 6) is -0.865. The highest BCUT2D eigenvalue weighted by molar-refractivity contribution is 5.92. The number of nitrogens with one attached hydrogen (secondary N) is 1. The highest BCUT2D eigenvalue weighted by atomic mass is 19.1. The summed E-state index contributed by atoms with van der Waals surface area (Å²) in [6.45, 7) is 0.0503. The van der Waals surface area contributed by atoms with Crippen LogP contribution >= 0.6 is 0 Å². The Morgan fingerprint density at radius 3 is 2.95 bits per heavy atom. The van der Waals surface area contributed by atoms with Gasteiger partial charge in [-0.1, -0.05) is 12.1 Å². The van der Waals surface area contributed by atoms with Gasteiger partial charge in [-0.05, 0) is 30.3 Å². The van der Waals surface area contributed by atoms with Gasteiger partial charge in [-0.2, -0.15) is 0 Å². The minimum atomic E-state index is -0.520. The van der Waals surface area contributed by atoms with Crippen LogP contribution in [0.3, 0.4) is 0 Å². The lowest BCUT2D eigenvalue weighted by Crippen LogP contribution is -2.19. The van der Waals surface area contributed by atoms with Crippen LogP contribution in [-0.4, -0.2) is 15.5 Å². The zero-order chi connectivity index (χ0) is 14.8. The van der Waals surface area contributed by atoms with Gasteiger partial charge in [0.15, 0.2) is 0 Å². The van der Waals surface area contributed by atoms with E-state index in [9.17, 15) is 9.18 Å². The fourth-order valence-electron chi connectivity index (χ4n) is 2.12. The Bertz CT molecular complexity index is 812. The van der Waals surface area contributed by atoms with Gasteiger partial charge in [0.25, 0.3) is 0 Å². The van der Waals surface area contributed by atoms with Crippen LogP contribution in [0.5, 0.6) is 0 Å². The Morgan fingerprint density at radius 2 is 2.10 bits per heavy atom. The van der Waals surface area contributed by atoms with Crippen molar-refractivity contribution in [3.05, 3.63) is 54.6 Å². The lowest BCUT2D eigenvalue weighted by Gasteiger charge is -2.08. The maximum Gasteiger partial charge on any atom is 0.244 e. The second kappa shape index (κ2) is 5.24. The van der Waals surface area contributed by atoms with Crippen LogP contribution in [-0.2, 0) is 11.3 Å². The van der Waals surface area contributed by atoms with Gasteiger partial charge in [-0.25, -0.2) is 9.37 Å². The maximum atomic E-state index is 13.6. The van der Waals surface area contributed by atoms with Crippen molar-refractivity contribution in [1.82, 2.24) is 9.55 Å². The van der Waals surface area contributed by atoms with Crippen molar-refractivity contribution >= 4 is 28.3 Å². The van der Waals surface area contributed by atoms with E-state index in [1.807, 2.05) is 24.3 Å². The Morgan fingerprint density at radius 1 is 1.29 bits per heavy atom. The SMILES string of the molecule is Nc1ccc(F)c(NC(=O)Cn2cnc3ccccc32)c1. The smallest absolute Gasteiger partial charge is 0.244 e. The molecule has 0 saturated heterocycles. The predicted molar refractivity (Wildman–Crippen MR) is 79.2 cm³/mol. The predicted octanol–water partition coefficient (Wildman–Crippen LogP) is 2.40. The number of benzene rings is 2. The zero-order valence-corrected chi connectivity index (χ0v) is 11.1. The molecule has 3 rings (SSSR count). The Labute approximate surface area is 120 Å². The largest absolute Gasteiger partial charge is 0.399 e. The van der Waals surface area contributed by atoms with Crippen molar-refractivity contribution in [2.75, 3.05) is 11.1 Å². The summed E-state index contributed by atoms with van der Waals surface area (Å²) >= 11 is 0. The molecular formula is C15H13FN4O. The minimum Gasteiger partial charge on any atom is -0.399 e. The number of nitrogens with zero attached hydrogens (tertiary/aromatic N) is 2. The molecular weight excluding hydrogens is 271 g/mol. The second-order valence-electron chi connectivity index (χ2n) is 4.65. The van der Waals surface area contributed by atoms with E-state index in [4.69, 9.17) is 5.73 Å². The van der Waals surface area contributed by atoms with Gasteiger partial charge in [0, 0.05) is 5.69 Å². The summed E-state index contributed by atoms with van der Waals surface area (Å²) in [5, 5.41) is 2.51. The summed E-state index contributed by atoms with van der Waals surface area (Å²) in [5.41, 5.74) is 7.70. The van der Waals surface area contributed by atoms with E-state index >= 15 is 0 Å². The van der Waals surface area contributed by atoms with E-state index < -0.39 is 5.82 Å². The second-order valence-corrected chi connectivity index (χ2v) is 4.65. The summed E-state index contributed by atoms with van der Waals surface area (Å²) in [6.07, 6.45) is 1.58. The topological polar surface area (TPSA) is 72.9 Å². The molecule has 1 heterocycles. The molecule has 0 saturated carbocycles. The number of para-hydroxylation sites is 2. The zero-order valence-electron chi connectivity index (χ0n) is 11.1. The number of hydrogen-bond acceptors (Lipinski definition) is 3. The van der Waals surface area contributed by atoms with E-state index in [1.54, 1.807) is 10.9 Å². The van der Waals surface area contributed by atoms with Gasteiger partial charge in [0.2, 0.25) is 5.91 Å². The third kappa shape index (κ3) is 2.69. The first-order valence-electron chi connectivity index (χ1n) is 6.38. The molecule has 0 fully saturated rings. The molecule has 1 amide bonds. The molecule has 0 atom stereocenters. The molecule has 3 aromatic rings. The molecule has 0 unspecified atom stereocenters. The number of rotatable bonds is 3. The fourth-order valence-corrected chi connectivity index (χ4v) is 2.12. The van der Waals surface area contributed by atoms with Crippen molar-refractivity contribution in [1.29, 1.82) is 0 Å². The third-order valence-electron chi connectivity index (χ3n) is 3.11. The molecule has 0 spiro atoms. The standard InChI is InChI=1S/C15H13FN4O/c16-11-6-5-10(17)7-13(11)19-15(21)8-20-9-18-12-3-1-2-4-14(12)20/h1-7,9H,8,17H2,(H,19,21). The molecule has 3 N–H and O–H groups in total. The average Bonchev–Trinajstić information content (AvgIpc) is 2.86. The molecule has 106 valence electrons. The van der Waals surface area contributed by atoms with Crippen molar-refractivity contribution in [2.45, 2.75) is 6.54 Å². The first-order chi connectivity index (χ1) is 10.1. The monoisotopic (exact) mass is 284 g/mol. The number of fused-ring (bicyclic) bond motifs is 1. The number of carbonyl (C=O) groups is 1. The van der Waals surface area contributed by atoms with Gasteiger partial charge >= 0.3 is 0 Å². The molecule has 5 nitrogen and oxygen atoms in total. The van der Waals surface area contributed by atoms with E-state index in [1.165, 1.54) is 18.2 Å². The first kappa shape index (κ1) is 13.1. The van der Waals surface area contributed by atoms with E-state index in [-0.39, 0.29) is 18.1 Å². The lowest BCUT2D eigenvalue weighted by molar-refractivity contribution is -0.116. The lowest BCUT2D eigenvalue weighted by atomic mass is 10.2. The van der Waals surface area contributed by atoms with Crippen molar-refractivity contribution in [3.63, 3.8) is 0 Å². The van der Waals surface area contributed by atoms with Gasteiger partial charge in [0.05, 0.1) is 23.0 Å². The number of imidazole rings is 1. The van der Waals surface area contributed by atoms with Crippen molar-refractivity contribution in [2.24, 2.45) is 0 Å². The first-order valence-corrected chi connectivity index (χ1v) is 6.38. The minimum absolute atomic E-state index is 0.0503. The molecule has 21 heavy (non-hydrogen) atoms. The highest BCUT2D eigenvalue weighted by Crippen LogP contribution is 2.18. The number of amides is 1. The van der Waals surface area contributed by atoms with Crippen molar-refractivity contribution < 1.29 is 9.18 Å². The molecule has 0 aliphatic carbocycles. The number of nitrogens with two attached hydrogens (primary N) is 1. The number of nitrogen functional groups attached to an aromatic ring is 1. The quantitative estimate of drug-likeness (QED) is 0.725. The Balaban J connectivity index is 1.79.